The molecule has 0 fully saturated rings. The monoisotopic (exact) mass is 489 g/mol. The average Bonchev–Trinajstić information content (AvgIpc) is 2.82. The number of rotatable bonds is 3. The van der Waals surface area contributed by atoms with Gasteiger partial charge in [-0.25, -0.2) is 8.42 Å². The van der Waals surface area contributed by atoms with Crippen LogP contribution in [0.5, 0.6) is 0 Å². The summed E-state index contributed by atoms with van der Waals surface area (Å²) in [7, 11) is -4.11. The topological polar surface area (TPSA) is 96.4 Å². The number of hydrogen-bond acceptors (Lipinski definition) is 5. The van der Waals surface area contributed by atoms with Crippen LogP contribution >= 0.6 is 11.6 Å². The fraction of sp³-hybridized carbons (Fsp3) is 0.115. The maximum Gasteiger partial charge on any atom is 0.265 e. The number of fused-ring (bicyclic) bond motifs is 2. The number of nitrogens with two attached hydrogens (primary N) is 1. The van der Waals surface area contributed by atoms with Crippen molar-refractivity contribution < 1.29 is 13.2 Å². The molecule has 0 saturated carbocycles. The SMILES string of the molecule is Cc1ccccc1CN1c2ccccc2C2=C(C(c3ccc(Cl)cc3)C(C#N)=C(N)O2)S1(=O)=O. The molecular weight excluding hydrogens is 470 g/mol. The predicted molar refractivity (Wildman–Crippen MR) is 132 cm³/mol. The van der Waals surface area contributed by atoms with Gasteiger partial charge in [0.25, 0.3) is 10.0 Å². The van der Waals surface area contributed by atoms with Crippen LogP contribution in [-0.2, 0) is 21.3 Å². The second kappa shape index (κ2) is 8.24. The predicted octanol–water partition coefficient (Wildman–Crippen LogP) is 5.17. The summed E-state index contributed by atoms with van der Waals surface area (Å²) in [5.74, 6) is -0.893. The summed E-state index contributed by atoms with van der Waals surface area (Å²) in [5, 5.41) is 10.4. The van der Waals surface area contributed by atoms with Gasteiger partial charge in [0.05, 0.1) is 18.2 Å². The third-order valence-corrected chi connectivity index (χ3v) is 8.27. The first-order valence-electron chi connectivity index (χ1n) is 10.6. The van der Waals surface area contributed by atoms with Crippen LogP contribution in [0.25, 0.3) is 5.76 Å². The summed E-state index contributed by atoms with van der Waals surface area (Å²) in [6.45, 7) is 2.08. The van der Waals surface area contributed by atoms with Gasteiger partial charge in [-0.1, -0.05) is 60.1 Å². The number of benzene rings is 3. The number of aryl methyl sites for hydroxylation is 1. The second-order valence-corrected chi connectivity index (χ2v) is 10.4. The molecular formula is C26H20ClN3O3S. The minimum Gasteiger partial charge on any atom is -0.439 e. The number of halogens is 1. The highest BCUT2D eigenvalue weighted by atomic mass is 35.5. The van der Waals surface area contributed by atoms with Gasteiger partial charge >= 0.3 is 0 Å². The lowest BCUT2D eigenvalue weighted by atomic mass is 9.88. The average molecular weight is 490 g/mol. The van der Waals surface area contributed by atoms with Gasteiger partial charge in [-0.05, 0) is 47.9 Å². The van der Waals surface area contributed by atoms with Crippen molar-refractivity contribution in [3.63, 3.8) is 0 Å². The smallest absolute Gasteiger partial charge is 0.265 e. The maximum absolute atomic E-state index is 14.2. The Balaban J connectivity index is 1.77. The Morgan fingerprint density at radius 1 is 1.06 bits per heavy atom. The lowest BCUT2D eigenvalue weighted by molar-refractivity contribution is 0.357. The Morgan fingerprint density at radius 2 is 1.74 bits per heavy atom. The standard InChI is InChI=1S/C26H20ClN3O3S/c1-16-6-2-3-7-18(16)15-30-22-9-5-4-8-20(22)24-25(34(30,31)32)23(21(14-28)26(29)33-24)17-10-12-19(27)13-11-17/h2-13,23H,15,29H2,1H3. The number of sulfonamides is 1. The number of allylic oxidation sites excluding steroid dienone is 2. The highest BCUT2D eigenvalue weighted by molar-refractivity contribution is 7.96. The molecule has 2 heterocycles. The Morgan fingerprint density at radius 3 is 2.44 bits per heavy atom. The molecule has 2 aliphatic heterocycles. The number of nitrogens with zero attached hydrogens (tertiary/aromatic N) is 2. The molecule has 0 aromatic heterocycles. The summed E-state index contributed by atoms with van der Waals surface area (Å²) in [4.78, 5) is -0.00661. The van der Waals surface area contributed by atoms with Crippen molar-refractivity contribution >= 4 is 33.1 Å². The molecule has 1 atom stereocenters. The highest BCUT2D eigenvalue weighted by Crippen LogP contribution is 2.51. The largest absolute Gasteiger partial charge is 0.439 e. The van der Waals surface area contributed by atoms with Crippen molar-refractivity contribution in [3.8, 4) is 6.07 Å². The van der Waals surface area contributed by atoms with Gasteiger partial charge in [0, 0.05) is 10.6 Å². The molecule has 0 aliphatic carbocycles. The normalized spacial score (nSPS) is 18.6. The van der Waals surface area contributed by atoms with Crippen molar-refractivity contribution in [3.05, 3.63) is 116 Å². The van der Waals surface area contributed by atoms with Crippen LogP contribution in [0.15, 0.2) is 89.2 Å². The van der Waals surface area contributed by atoms with Crippen LogP contribution in [0.2, 0.25) is 5.02 Å². The molecule has 1 unspecified atom stereocenters. The number of hydrogen-bond donors (Lipinski definition) is 1. The van der Waals surface area contributed by atoms with Crippen LogP contribution in [0.3, 0.4) is 0 Å². The number of anilines is 1. The van der Waals surface area contributed by atoms with E-state index in [-0.39, 0.29) is 28.7 Å². The number of nitriles is 1. The van der Waals surface area contributed by atoms with Gasteiger partial charge in [-0.2, -0.15) is 5.26 Å². The fourth-order valence-electron chi connectivity index (χ4n) is 4.41. The van der Waals surface area contributed by atoms with Gasteiger partial charge in [-0.15, -0.1) is 0 Å². The molecule has 2 N–H and O–H groups in total. The summed E-state index contributed by atoms with van der Waals surface area (Å²) in [6, 6.07) is 23.6. The molecule has 3 aromatic carbocycles. The molecule has 8 heteroatoms. The molecule has 0 spiro atoms. The number of para-hydroxylation sites is 1. The third kappa shape index (κ3) is 3.43. The van der Waals surface area contributed by atoms with E-state index < -0.39 is 15.9 Å². The Hall–Kier alpha value is -3.73. The molecule has 6 nitrogen and oxygen atoms in total. The minimum atomic E-state index is -4.11. The second-order valence-electron chi connectivity index (χ2n) is 8.13. The van der Waals surface area contributed by atoms with Crippen LogP contribution in [0.1, 0.15) is 28.2 Å². The first-order valence-corrected chi connectivity index (χ1v) is 12.4. The summed E-state index contributed by atoms with van der Waals surface area (Å²) in [6.07, 6.45) is 0. The van der Waals surface area contributed by atoms with E-state index in [0.29, 0.717) is 21.8 Å². The Kier molecular flexibility index (Phi) is 5.35. The van der Waals surface area contributed by atoms with Gasteiger partial charge in [0.2, 0.25) is 5.88 Å². The van der Waals surface area contributed by atoms with Gasteiger partial charge in [-0.3, -0.25) is 4.31 Å². The van der Waals surface area contributed by atoms with E-state index in [4.69, 9.17) is 22.1 Å². The summed E-state index contributed by atoms with van der Waals surface area (Å²) >= 11 is 6.07. The van der Waals surface area contributed by atoms with Crippen LogP contribution in [-0.4, -0.2) is 8.42 Å². The zero-order valence-electron chi connectivity index (χ0n) is 18.2. The molecule has 0 bridgehead atoms. The Bertz CT molecular complexity index is 1520. The zero-order chi connectivity index (χ0) is 24.0. The first-order chi connectivity index (χ1) is 16.3. The van der Waals surface area contributed by atoms with Crippen LogP contribution < -0.4 is 10.0 Å². The lowest BCUT2D eigenvalue weighted by Gasteiger charge is -2.38. The van der Waals surface area contributed by atoms with Gasteiger partial charge in [0.15, 0.2) is 5.76 Å². The molecule has 34 heavy (non-hydrogen) atoms. The van der Waals surface area contributed by atoms with Gasteiger partial charge < -0.3 is 10.5 Å². The van der Waals surface area contributed by atoms with E-state index in [1.54, 1.807) is 42.5 Å². The van der Waals surface area contributed by atoms with E-state index >= 15 is 0 Å². The molecule has 3 aromatic rings. The Labute approximate surface area is 203 Å². The first kappa shape index (κ1) is 22.1. The minimum absolute atomic E-state index is 0.00661. The zero-order valence-corrected chi connectivity index (χ0v) is 19.8. The lowest BCUT2D eigenvalue weighted by Crippen LogP contribution is -2.39. The van der Waals surface area contributed by atoms with E-state index in [9.17, 15) is 13.7 Å². The molecule has 0 amide bonds. The van der Waals surface area contributed by atoms with Gasteiger partial charge in [0.1, 0.15) is 16.5 Å². The molecule has 0 radical (unpaired) electrons. The van der Waals surface area contributed by atoms with Crippen molar-refractivity contribution in [2.75, 3.05) is 4.31 Å². The van der Waals surface area contributed by atoms with Crippen LogP contribution in [0, 0.1) is 18.3 Å². The molecule has 0 saturated heterocycles. The summed E-state index contributed by atoms with van der Waals surface area (Å²) in [5.41, 5.74) is 9.71. The molecule has 5 rings (SSSR count). The number of ether oxygens (including phenoxy) is 1. The fourth-order valence-corrected chi connectivity index (χ4v) is 6.44. The maximum atomic E-state index is 14.2. The molecule has 2 aliphatic rings. The van der Waals surface area contributed by atoms with Crippen molar-refractivity contribution in [2.24, 2.45) is 5.73 Å². The van der Waals surface area contributed by atoms with E-state index in [1.165, 1.54) is 4.31 Å². The van der Waals surface area contributed by atoms with Crippen molar-refractivity contribution in [1.82, 2.24) is 0 Å². The van der Waals surface area contributed by atoms with E-state index in [2.05, 4.69) is 6.07 Å². The molecule has 170 valence electrons. The van der Waals surface area contributed by atoms with Crippen molar-refractivity contribution in [2.45, 2.75) is 19.4 Å². The summed E-state index contributed by atoms with van der Waals surface area (Å²) < 4.78 is 35.7. The van der Waals surface area contributed by atoms with Crippen LogP contribution in [0.4, 0.5) is 5.69 Å². The van der Waals surface area contributed by atoms with E-state index in [1.807, 2.05) is 37.3 Å². The van der Waals surface area contributed by atoms with Crippen molar-refractivity contribution in [1.29, 1.82) is 5.26 Å². The highest BCUT2D eigenvalue weighted by Gasteiger charge is 2.47. The third-order valence-electron chi connectivity index (χ3n) is 6.14. The quantitative estimate of drug-likeness (QED) is 0.547. The van der Waals surface area contributed by atoms with E-state index in [0.717, 1.165) is 11.1 Å².